The van der Waals surface area contributed by atoms with Crippen LogP contribution in [0.4, 0.5) is 5.69 Å². The van der Waals surface area contributed by atoms with E-state index in [1.807, 2.05) is 69.3 Å². The van der Waals surface area contributed by atoms with Gasteiger partial charge in [-0.05, 0) is 55.2 Å². The van der Waals surface area contributed by atoms with Gasteiger partial charge >= 0.3 is 11.5 Å². The van der Waals surface area contributed by atoms with Gasteiger partial charge in [0.1, 0.15) is 6.10 Å². The molecule has 34 heavy (non-hydrogen) atoms. The van der Waals surface area contributed by atoms with E-state index in [4.69, 9.17) is 9.57 Å². The molecule has 1 aliphatic heterocycles. The van der Waals surface area contributed by atoms with Crippen molar-refractivity contribution in [3.63, 3.8) is 0 Å². The van der Waals surface area contributed by atoms with E-state index in [0.717, 1.165) is 22.3 Å². The van der Waals surface area contributed by atoms with Crippen molar-refractivity contribution in [3.05, 3.63) is 111 Å². The van der Waals surface area contributed by atoms with Gasteiger partial charge in [0.05, 0.1) is 19.2 Å². The van der Waals surface area contributed by atoms with Gasteiger partial charge in [-0.3, -0.25) is 15.0 Å². The number of esters is 1. The van der Waals surface area contributed by atoms with Gasteiger partial charge in [-0.25, -0.2) is 9.86 Å². The zero-order valence-electron chi connectivity index (χ0n) is 19.7. The van der Waals surface area contributed by atoms with Gasteiger partial charge in [-0.15, -0.1) is 0 Å². The average molecular weight is 461 g/mol. The molecule has 3 aromatic rings. The van der Waals surface area contributed by atoms with Gasteiger partial charge in [0.2, 0.25) is 0 Å². The van der Waals surface area contributed by atoms with Gasteiger partial charge in [0, 0.05) is 4.92 Å². The SMILES string of the molecule is COC(=O)C1([N+](=O)[O-])C[C@H](c2c(C)cc(C)cc2C)ON(c2ccccc2)[C@@H]1c1ccccc1. The molecule has 0 radical (unpaired) electrons. The van der Waals surface area contributed by atoms with Gasteiger partial charge in [0.25, 0.3) is 0 Å². The van der Waals surface area contributed by atoms with Crippen LogP contribution in [0.15, 0.2) is 72.8 Å². The predicted octanol–water partition coefficient (Wildman–Crippen LogP) is 5.42. The molecule has 1 fully saturated rings. The summed E-state index contributed by atoms with van der Waals surface area (Å²) in [4.78, 5) is 32.3. The Morgan fingerprint density at radius 3 is 2.12 bits per heavy atom. The van der Waals surface area contributed by atoms with E-state index in [0.29, 0.717) is 11.3 Å². The summed E-state index contributed by atoms with van der Waals surface area (Å²) in [5.41, 5.74) is 2.94. The van der Waals surface area contributed by atoms with Crippen LogP contribution in [0.3, 0.4) is 0 Å². The molecule has 4 rings (SSSR count). The second-order valence-electron chi connectivity index (χ2n) is 8.76. The van der Waals surface area contributed by atoms with Crippen molar-refractivity contribution in [2.24, 2.45) is 0 Å². The lowest BCUT2D eigenvalue weighted by Gasteiger charge is -2.46. The maximum Gasteiger partial charge on any atom is 0.387 e. The van der Waals surface area contributed by atoms with Crippen LogP contribution in [0.25, 0.3) is 0 Å². The molecule has 7 nitrogen and oxygen atoms in total. The van der Waals surface area contributed by atoms with Gasteiger partial charge in [-0.1, -0.05) is 66.2 Å². The molecular weight excluding hydrogens is 432 g/mol. The van der Waals surface area contributed by atoms with Crippen LogP contribution in [0.1, 0.15) is 46.4 Å². The van der Waals surface area contributed by atoms with Crippen molar-refractivity contribution in [1.82, 2.24) is 0 Å². The van der Waals surface area contributed by atoms with Gasteiger partial charge in [-0.2, -0.15) is 0 Å². The Labute approximate surface area is 199 Å². The van der Waals surface area contributed by atoms with Crippen LogP contribution < -0.4 is 5.06 Å². The first kappa shape index (κ1) is 23.4. The van der Waals surface area contributed by atoms with Crippen LogP contribution in [-0.2, 0) is 14.4 Å². The van der Waals surface area contributed by atoms with Crippen LogP contribution >= 0.6 is 0 Å². The maximum absolute atomic E-state index is 13.3. The number of rotatable bonds is 5. The summed E-state index contributed by atoms with van der Waals surface area (Å²) in [6, 6.07) is 21.1. The minimum atomic E-state index is -2.10. The third kappa shape index (κ3) is 3.92. The number of carbonyl (C=O) groups is 1. The molecule has 3 atom stereocenters. The topological polar surface area (TPSA) is 81.9 Å². The molecule has 0 saturated carbocycles. The number of para-hydroxylation sites is 1. The normalized spacial score (nSPS) is 22.3. The molecular formula is C27H28N2O5. The minimum Gasteiger partial charge on any atom is -0.464 e. The molecule has 0 N–H and O–H groups in total. The first-order chi connectivity index (χ1) is 16.3. The second kappa shape index (κ2) is 9.27. The highest BCUT2D eigenvalue weighted by Gasteiger charge is 2.66. The van der Waals surface area contributed by atoms with Crippen molar-refractivity contribution in [1.29, 1.82) is 0 Å². The Kier molecular flexibility index (Phi) is 6.39. The third-order valence-electron chi connectivity index (χ3n) is 6.47. The zero-order chi connectivity index (χ0) is 24.5. The Morgan fingerprint density at radius 2 is 1.59 bits per heavy atom. The number of methoxy groups -OCH3 is 1. The number of hydrogen-bond donors (Lipinski definition) is 0. The quantitative estimate of drug-likeness (QED) is 0.287. The zero-order valence-corrected chi connectivity index (χ0v) is 19.7. The molecule has 176 valence electrons. The Morgan fingerprint density at radius 1 is 1.03 bits per heavy atom. The van der Waals surface area contributed by atoms with E-state index >= 15 is 0 Å². The summed E-state index contributed by atoms with van der Waals surface area (Å²) < 4.78 is 5.09. The average Bonchev–Trinajstić information content (AvgIpc) is 2.83. The highest BCUT2D eigenvalue weighted by atomic mass is 16.7. The van der Waals surface area contributed by atoms with E-state index in [1.54, 1.807) is 24.3 Å². The smallest absolute Gasteiger partial charge is 0.387 e. The maximum atomic E-state index is 13.3. The number of benzene rings is 3. The molecule has 1 saturated heterocycles. The number of hydrogen-bond acceptors (Lipinski definition) is 6. The molecule has 1 heterocycles. The summed E-state index contributed by atoms with van der Waals surface area (Å²) in [6.07, 6.45) is -0.898. The molecule has 1 aliphatic rings. The van der Waals surface area contributed by atoms with Crippen LogP contribution in [0, 0.1) is 30.9 Å². The fraction of sp³-hybridized carbons (Fsp3) is 0.296. The van der Waals surface area contributed by atoms with Crippen molar-refractivity contribution < 1.29 is 19.3 Å². The number of carbonyl (C=O) groups excluding carboxylic acids is 1. The van der Waals surface area contributed by atoms with Crippen molar-refractivity contribution >= 4 is 11.7 Å². The fourth-order valence-electron chi connectivity index (χ4n) is 5.13. The summed E-state index contributed by atoms with van der Waals surface area (Å²) in [5.74, 6) is -0.900. The summed E-state index contributed by atoms with van der Waals surface area (Å²) in [6.45, 7) is 5.92. The van der Waals surface area contributed by atoms with E-state index in [-0.39, 0.29) is 6.42 Å². The van der Waals surface area contributed by atoms with Crippen molar-refractivity contribution in [2.75, 3.05) is 12.2 Å². The summed E-state index contributed by atoms with van der Waals surface area (Å²) >= 11 is 0. The number of aryl methyl sites for hydroxylation is 3. The molecule has 0 bridgehead atoms. The van der Waals surface area contributed by atoms with Crippen LogP contribution in [-0.4, -0.2) is 23.5 Å². The van der Waals surface area contributed by atoms with E-state index in [9.17, 15) is 14.9 Å². The molecule has 0 amide bonds. The van der Waals surface area contributed by atoms with E-state index in [2.05, 4.69) is 0 Å². The minimum absolute atomic E-state index is 0.166. The van der Waals surface area contributed by atoms with E-state index in [1.165, 1.54) is 12.2 Å². The predicted molar refractivity (Wildman–Crippen MR) is 129 cm³/mol. The third-order valence-corrected chi connectivity index (χ3v) is 6.47. The molecule has 1 unspecified atom stereocenters. The Balaban J connectivity index is 1.99. The molecule has 3 aromatic carbocycles. The van der Waals surface area contributed by atoms with E-state index < -0.39 is 28.6 Å². The molecule has 0 aliphatic carbocycles. The highest BCUT2D eigenvalue weighted by molar-refractivity contribution is 5.82. The van der Waals surface area contributed by atoms with Crippen molar-refractivity contribution in [3.8, 4) is 0 Å². The Hall–Kier alpha value is -3.71. The Bertz CT molecular complexity index is 1180. The number of ether oxygens (including phenoxy) is 1. The molecule has 0 aromatic heterocycles. The molecule has 0 spiro atoms. The standard InChI is InChI=1S/C27H28N2O5/c1-18-15-19(2)24(20(3)16-18)23-17-27(29(31)32,26(30)33-4)25(21-11-7-5-8-12-21)28(34-23)22-13-9-6-10-14-22/h5-16,23,25H,17H2,1-4H3/t23-,25-,27?/m1/s1. The summed E-state index contributed by atoms with van der Waals surface area (Å²) in [7, 11) is 1.19. The number of anilines is 1. The van der Waals surface area contributed by atoms with Gasteiger partial charge in [0.15, 0.2) is 6.04 Å². The van der Waals surface area contributed by atoms with Gasteiger partial charge < -0.3 is 4.74 Å². The lowest BCUT2D eigenvalue weighted by atomic mass is 9.77. The number of hydroxylamine groups is 1. The van der Waals surface area contributed by atoms with Crippen LogP contribution in [0.5, 0.6) is 0 Å². The number of nitro groups is 1. The lowest BCUT2D eigenvalue weighted by Crippen LogP contribution is -2.61. The fourth-order valence-corrected chi connectivity index (χ4v) is 5.13. The monoisotopic (exact) mass is 460 g/mol. The lowest BCUT2D eigenvalue weighted by molar-refractivity contribution is -0.570. The second-order valence-corrected chi connectivity index (χ2v) is 8.76. The van der Waals surface area contributed by atoms with Crippen LogP contribution in [0.2, 0.25) is 0 Å². The first-order valence-corrected chi connectivity index (χ1v) is 11.2. The first-order valence-electron chi connectivity index (χ1n) is 11.2. The number of nitrogens with zero attached hydrogens (tertiary/aromatic N) is 2. The molecule has 7 heteroatoms. The largest absolute Gasteiger partial charge is 0.464 e. The highest BCUT2D eigenvalue weighted by Crippen LogP contribution is 2.50. The summed E-state index contributed by atoms with van der Waals surface area (Å²) in [5, 5.41) is 14.4. The van der Waals surface area contributed by atoms with Crippen molar-refractivity contribution in [2.45, 2.75) is 44.9 Å².